The van der Waals surface area contributed by atoms with E-state index in [9.17, 15) is 18.0 Å². The minimum atomic E-state index is -4.36. The maximum absolute atomic E-state index is 12.9. The van der Waals surface area contributed by atoms with Gasteiger partial charge in [0.15, 0.2) is 5.82 Å². The molecule has 2 aromatic heterocycles. The summed E-state index contributed by atoms with van der Waals surface area (Å²) in [5.41, 5.74) is 3.21. The molecule has 0 radical (unpaired) electrons. The van der Waals surface area contributed by atoms with Crippen molar-refractivity contribution in [2.24, 2.45) is 4.99 Å². The Kier molecular flexibility index (Phi) is 5.65. The number of fused-ring (bicyclic) bond motifs is 1. The fourth-order valence-electron chi connectivity index (χ4n) is 4.48. The highest BCUT2D eigenvalue weighted by atomic mass is 19.4. The van der Waals surface area contributed by atoms with E-state index in [-0.39, 0.29) is 5.56 Å². The summed E-state index contributed by atoms with van der Waals surface area (Å²) >= 11 is 0. The molecular weight excluding hydrogens is 431 g/mol. The van der Waals surface area contributed by atoms with Crippen molar-refractivity contribution in [3.63, 3.8) is 0 Å². The van der Waals surface area contributed by atoms with E-state index in [1.54, 1.807) is 0 Å². The van der Waals surface area contributed by atoms with Gasteiger partial charge in [-0.25, -0.2) is 4.98 Å². The summed E-state index contributed by atoms with van der Waals surface area (Å²) in [7, 11) is 0. The third-order valence-corrected chi connectivity index (χ3v) is 6.24. The van der Waals surface area contributed by atoms with Gasteiger partial charge in [-0.1, -0.05) is 0 Å². The molecule has 5 rings (SSSR count). The van der Waals surface area contributed by atoms with E-state index in [1.165, 1.54) is 12.1 Å². The second-order valence-corrected chi connectivity index (χ2v) is 8.50. The molecular formula is C24H24F3N5O. The lowest BCUT2D eigenvalue weighted by Gasteiger charge is -2.28. The molecule has 1 N–H and O–H groups in total. The number of rotatable bonds is 4. The van der Waals surface area contributed by atoms with Crippen LogP contribution >= 0.6 is 0 Å². The zero-order chi connectivity index (χ0) is 23.0. The second-order valence-electron chi connectivity index (χ2n) is 8.50. The zero-order valence-corrected chi connectivity index (χ0v) is 18.0. The van der Waals surface area contributed by atoms with E-state index in [4.69, 9.17) is 4.98 Å². The number of H-pyrrole nitrogens is 1. The molecule has 3 aromatic rings. The zero-order valence-electron chi connectivity index (χ0n) is 18.0. The first-order valence-corrected chi connectivity index (χ1v) is 11.1. The number of halogens is 3. The third-order valence-electron chi connectivity index (χ3n) is 6.24. The summed E-state index contributed by atoms with van der Waals surface area (Å²) in [6.07, 6.45) is 1.12. The first kappa shape index (κ1) is 21.6. The van der Waals surface area contributed by atoms with Crippen LogP contribution in [-0.4, -0.2) is 38.2 Å². The normalized spacial score (nSPS) is 17.0. The minimum Gasteiger partial charge on any atom is -0.320 e. The van der Waals surface area contributed by atoms with Gasteiger partial charge < -0.3 is 9.55 Å². The summed E-state index contributed by atoms with van der Waals surface area (Å²) in [5, 5.41) is 0. The van der Waals surface area contributed by atoms with E-state index in [2.05, 4.69) is 14.9 Å². The van der Waals surface area contributed by atoms with Crippen molar-refractivity contribution >= 4 is 5.71 Å². The number of nitrogens with one attached hydrogen (secondary N) is 1. The first-order chi connectivity index (χ1) is 15.9. The van der Waals surface area contributed by atoms with Crippen LogP contribution in [0.25, 0.3) is 5.69 Å². The van der Waals surface area contributed by atoms with Crippen LogP contribution in [0.2, 0.25) is 0 Å². The standard InChI is InChI=1S/C24H24F3N5O/c25-24(26,27)16-6-8-17(9-7-16)32-12-3-4-18(32)14-31-13-10-20-19(15-31)23(33)30-22(29-20)21-5-1-2-11-28-21/h3-4,6-9,12H,1-2,5,10-11,13-15H2,(H,29,30,33). The lowest BCUT2D eigenvalue weighted by molar-refractivity contribution is -0.137. The largest absolute Gasteiger partial charge is 0.416 e. The van der Waals surface area contributed by atoms with Gasteiger partial charge in [-0.2, -0.15) is 13.2 Å². The maximum atomic E-state index is 12.9. The number of aromatic nitrogens is 3. The Morgan fingerprint density at radius 2 is 1.88 bits per heavy atom. The van der Waals surface area contributed by atoms with Gasteiger partial charge in [-0.3, -0.25) is 14.7 Å². The second kappa shape index (κ2) is 8.62. The molecule has 0 saturated heterocycles. The molecule has 6 nitrogen and oxygen atoms in total. The lowest BCUT2D eigenvalue weighted by Crippen LogP contribution is -2.36. The van der Waals surface area contributed by atoms with Gasteiger partial charge in [0.05, 0.1) is 22.5 Å². The molecule has 0 atom stereocenters. The van der Waals surface area contributed by atoms with Crippen molar-refractivity contribution < 1.29 is 13.2 Å². The summed E-state index contributed by atoms with van der Waals surface area (Å²) in [6.45, 7) is 2.57. The van der Waals surface area contributed by atoms with Crippen molar-refractivity contribution in [1.82, 2.24) is 19.4 Å². The molecule has 0 saturated carbocycles. The van der Waals surface area contributed by atoms with Crippen LogP contribution in [0.4, 0.5) is 13.2 Å². The molecule has 0 aliphatic carbocycles. The molecule has 9 heteroatoms. The lowest BCUT2D eigenvalue weighted by atomic mass is 10.0. The topological polar surface area (TPSA) is 66.3 Å². The van der Waals surface area contributed by atoms with E-state index < -0.39 is 11.7 Å². The molecule has 0 unspecified atom stereocenters. The summed E-state index contributed by atoms with van der Waals surface area (Å²) in [4.78, 5) is 27.1. The van der Waals surface area contributed by atoms with Crippen molar-refractivity contribution in [1.29, 1.82) is 0 Å². The van der Waals surface area contributed by atoms with Gasteiger partial charge in [-0.15, -0.1) is 0 Å². The highest BCUT2D eigenvalue weighted by Gasteiger charge is 2.30. The van der Waals surface area contributed by atoms with Crippen LogP contribution < -0.4 is 5.56 Å². The number of alkyl halides is 3. The van der Waals surface area contributed by atoms with Gasteiger partial charge in [-0.05, 0) is 55.7 Å². The Bertz CT molecular complexity index is 1240. The van der Waals surface area contributed by atoms with Crippen LogP contribution in [0.5, 0.6) is 0 Å². The minimum absolute atomic E-state index is 0.119. The monoisotopic (exact) mass is 455 g/mol. The van der Waals surface area contributed by atoms with Gasteiger partial charge in [0.1, 0.15) is 0 Å². The number of benzene rings is 1. The summed E-state index contributed by atoms with van der Waals surface area (Å²) in [5.74, 6) is 0.600. The smallest absolute Gasteiger partial charge is 0.320 e. The highest BCUT2D eigenvalue weighted by Crippen LogP contribution is 2.30. The summed E-state index contributed by atoms with van der Waals surface area (Å²) < 4.78 is 40.5. The van der Waals surface area contributed by atoms with Crippen molar-refractivity contribution in [2.75, 3.05) is 13.1 Å². The predicted molar refractivity (Wildman–Crippen MR) is 119 cm³/mol. The maximum Gasteiger partial charge on any atom is 0.416 e. The van der Waals surface area contributed by atoms with Crippen LogP contribution in [0.1, 0.15) is 47.6 Å². The van der Waals surface area contributed by atoms with E-state index >= 15 is 0 Å². The average molecular weight is 455 g/mol. The molecule has 0 amide bonds. The van der Waals surface area contributed by atoms with Crippen molar-refractivity contribution in [3.8, 4) is 5.69 Å². The molecule has 0 bridgehead atoms. The number of nitrogens with zero attached hydrogens (tertiary/aromatic N) is 4. The Hall–Kier alpha value is -3.20. The molecule has 1 aromatic carbocycles. The molecule has 33 heavy (non-hydrogen) atoms. The molecule has 2 aliphatic heterocycles. The number of hydrogen-bond donors (Lipinski definition) is 1. The van der Waals surface area contributed by atoms with E-state index in [0.717, 1.165) is 61.6 Å². The van der Waals surface area contributed by atoms with Crippen LogP contribution in [0, 0.1) is 0 Å². The SMILES string of the molecule is O=c1[nH]c(C2=NCCCC2)nc2c1CN(Cc1cccn1-c1ccc(C(F)(F)F)cc1)CC2. The number of hydrogen-bond acceptors (Lipinski definition) is 4. The number of aliphatic imine (C=N–C) groups is 1. The fraction of sp³-hybridized carbons (Fsp3) is 0.375. The van der Waals surface area contributed by atoms with Crippen molar-refractivity contribution in [2.45, 2.75) is 44.9 Å². The van der Waals surface area contributed by atoms with E-state index in [1.807, 2.05) is 22.9 Å². The molecule has 0 fully saturated rings. The van der Waals surface area contributed by atoms with Gasteiger partial charge in [0.25, 0.3) is 5.56 Å². The Labute approximate surface area is 188 Å². The summed E-state index contributed by atoms with van der Waals surface area (Å²) in [6, 6.07) is 8.95. The van der Waals surface area contributed by atoms with Gasteiger partial charge in [0.2, 0.25) is 0 Å². The molecule has 2 aliphatic rings. The third kappa shape index (κ3) is 4.50. The van der Waals surface area contributed by atoms with Gasteiger partial charge >= 0.3 is 6.18 Å². The molecule has 4 heterocycles. The molecule has 172 valence electrons. The number of aromatic amines is 1. The van der Waals surface area contributed by atoms with Crippen LogP contribution in [-0.2, 0) is 25.7 Å². The van der Waals surface area contributed by atoms with Crippen LogP contribution in [0.3, 0.4) is 0 Å². The average Bonchev–Trinajstić information content (AvgIpc) is 3.27. The predicted octanol–water partition coefficient (Wildman–Crippen LogP) is 4.11. The van der Waals surface area contributed by atoms with Gasteiger partial charge in [0, 0.05) is 50.2 Å². The first-order valence-electron chi connectivity index (χ1n) is 11.1. The van der Waals surface area contributed by atoms with Crippen molar-refractivity contribution in [3.05, 3.63) is 81.3 Å². The van der Waals surface area contributed by atoms with E-state index in [0.29, 0.717) is 36.6 Å². The Morgan fingerprint density at radius 1 is 1.06 bits per heavy atom. The quantitative estimate of drug-likeness (QED) is 0.644. The fourth-order valence-corrected chi connectivity index (χ4v) is 4.48. The highest BCUT2D eigenvalue weighted by molar-refractivity contribution is 5.97. The Morgan fingerprint density at radius 3 is 2.61 bits per heavy atom. The van der Waals surface area contributed by atoms with Crippen LogP contribution in [0.15, 0.2) is 52.4 Å². The Balaban J connectivity index is 1.34. The molecule has 0 spiro atoms.